The number of aryl methyl sites for hydroxylation is 1. The molecule has 1 aromatic rings. The molecule has 3 heteroatoms. The highest BCUT2D eigenvalue weighted by Gasteiger charge is 2.11. The van der Waals surface area contributed by atoms with Crippen LogP contribution >= 0.6 is 0 Å². The van der Waals surface area contributed by atoms with Gasteiger partial charge in [-0.05, 0) is 62.5 Å². The number of nitrogens with zero attached hydrogens (tertiary/aromatic N) is 1. The van der Waals surface area contributed by atoms with Crippen molar-refractivity contribution in [2.45, 2.75) is 26.3 Å². The van der Waals surface area contributed by atoms with E-state index in [4.69, 9.17) is 0 Å². The molecular formula is C13H21N3. The molecule has 1 fully saturated rings. The van der Waals surface area contributed by atoms with Crippen molar-refractivity contribution in [1.82, 2.24) is 15.6 Å². The Morgan fingerprint density at radius 1 is 1.56 bits per heavy atom. The Hall–Kier alpha value is -0.930. The van der Waals surface area contributed by atoms with E-state index in [-0.39, 0.29) is 0 Å². The quantitative estimate of drug-likeness (QED) is 0.805. The molecule has 0 radical (unpaired) electrons. The third-order valence-corrected chi connectivity index (χ3v) is 3.29. The highest BCUT2D eigenvalue weighted by Crippen LogP contribution is 2.09. The zero-order chi connectivity index (χ0) is 11.2. The summed E-state index contributed by atoms with van der Waals surface area (Å²) in [5, 5.41) is 6.97. The van der Waals surface area contributed by atoms with Crippen molar-refractivity contribution in [1.29, 1.82) is 0 Å². The Kier molecular flexibility index (Phi) is 4.31. The molecule has 16 heavy (non-hydrogen) atoms. The topological polar surface area (TPSA) is 37.0 Å². The summed E-state index contributed by atoms with van der Waals surface area (Å²) >= 11 is 0. The zero-order valence-electron chi connectivity index (χ0n) is 10.00. The van der Waals surface area contributed by atoms with E-state index >= 15 is 0 Å². The molecule has 0 saturated carbocycles. The van der Waals surface area contributed by atoms with Gasteiger partial charge in [-0.3, -0.25) is 4.98 Å². The molecule has 2 N–H and O–H groups in total. The van der Waals surface area contributed by atoms with Gasteiger partial charge >= 0.3 is 0 Å². The Bertz CT molecular complexity index is 319. The maximum Gasteiger partial charge on any atom is 0.0315 e. The van der Waals surface area contributed by atoms with Crippen molar-refractivity contribution >= 4 is 0 Å². The van der Waals surface area contributed by atoms with Crippen LogP contribution in [0.1, 0.15) is 24.0 Å². The molecule has 1 atom stereocenters. The second kappa shape index (κ2) is 5.97. The maximum atomic E-state index is 4.16. The summed E-state index contributed by atoms with van der Waals surface area (Å²) in [5.41, 5.74) is 2.63. The van der Waals surface area contributed by atoms with E-state index in [1.807, 2.05) is 12.4 Å². The molecule has 1 aliphatic rings. The average Bonchev–Trinajstić information content (AvgIpc) is 2.33. The molecule has 1 aliphatic heterocycles. The Labute approximate surface area is 97.7 Å². The number of piperidine rings is 1. The molecule has 0 amide bonds. The number of nitrogens with one attached hydrogen (secondary N) is 2. The third kappa shape index (κ3) is 3.29. The smallest absolute Gasteiger partial charge is 0.0315 e. The van der Waals surface area contributed by atoms with E-state index < -0.39 is 0 Å². The van der Waals surface area contributed by atoms with Crippen LogP contribution < -0.4 is 10.6 Å². The van der Waals surface area contributed by atoms with E-state index in [2.05, 4.69) is 28.6 Å². The van der Waals surface area contributed by atoms with Gasteiger partial charge in [0, 0.05) is 18.9 Å². The SMILES string of the molecule is Cc1ccncc1CNCC1CCCNC1. The van der Waals surface area contributed by atoms with Crippen LogP contribution in [0, 0.1) is 12.8 Å². The lowest BCUT2D eigenvalue weighted by Crippen LogP contribution is -2.35. The van der Waals surface area contributed by atoms with E-state index in [0.717, 1.165) is 19.0 Å². The lowest BCUT2D eigenvalue weighted by atomic mass is 10.00. The van der Waals surface area contributed by atoms with Gasteiger partial charge in [-0.2, -0.15) is 0 Å². The fourth-order valence-electron chi connectivity index (χ4n) is 2.19. The lowest BCUT2D eigenvalue weighted by Gasteiger charge is -2.23. The number of hydrogen-bond acceptors (Lipinski definition) is 3. The van der Waals surface area contributed by atoms with Gasteiger partial charge in [0.2, 0.25) is 0 Å². The number of aromatic nitrogens is 1. The van der Waals surface area contributed by atoms with Gasteiger partial charge < -0.3 is 10.6 Å². The molecule has 0 aromatic carbocycles. The molecule has 88 valence electrons. The molecule has 0 bridgehead atoms. The van der Waals surface area contributed by atoms with Crippen LogP contribution in [0.25, 0.3) is 0 Å². The molecule has 1 saturated heterocycles. The predicted molar refractivity (Wildman–Crippen MR) is 66.3 cm³/mol. The van der Waals surface area contributed by atoms with E-state index in [1.165, 1.54) is 37.1 Å². The molecule has 0 spiro atoms. The monoisotopic (exact) mass is 219 g/mol. The Morgan fingerprint density at radius 2 is 2.50 bits per heavy atom. The maximum absolute atomic E-state index is 4.16. The second-order valence-corrected chi connectivity index (χ2v) is 4.65. The number of hydrogen-bond donors (Lipinski definition) is 2. The first-order valence-electron chi connectivity index (χ1n) is 6.17. The Balaban J connectivity index is 1.73. The van der Waals surface area contributed by atoms with Crippen LogP contribution in [0.5, 0.6) is 0 Å². The standard InChI is InChI=1S/C13H21N3/c1-11-4-6-15-9-13(11)10-16-8-12-3-2-5-14-7-12/h4,6,9,12,14,16H,2-3,5,7-8,10H2,1H3. The van der Waals surface area contributed by atoms with E-state index in [0.29, 0.717) is 0 Å². The molecule has 1 unspecified atom stereocenters. The first-order valence-corrected chi connectivity index (χ1v) is 6.17. The van der Waals surface area contributed by atoms with E-state index in [1.54, 1.807) is 0 Å². The van der Waals surface area contributed by atoms with Gasteiger partial charge in [0.05, 0.1) is 0 Å². The van der Waals surface area contributed by atoms with Crippen LogP contribution in [0.4, 0.5) is 0 Å². The van der Waals surface area contributed by atoms with Crippen molar-refractivity contribution in [3.05, 3.63) is 29.6 Å². The normalized spacial score (nSPS) is 20.9. The second-order valence-electron chi connectivity index (χ2n) is 4.65. The van der Waals surface area contributed by atoms with Crippen molar-refractivity contribution in [3.8, 4) is 0 Å². The molecular weight excluding hydrogens is 198 g/mol. The number of pyridine rings is 1. The fourth-order valence-corrected chi connectivity index (χ4v) is 2.19. The molecule has 0 aliphatic carbocycles. The van der Waals surface area contributed by atoms with Crippen LogP contribution in [-0.2, 0) is 6.54 Å². The summed E-state index contributed by atoms with van der Waals surface area (Å²) in [7, 11) is 0. The van der Waals surface area contributed by atoms with E-state index in [9.17, 15) is 0 Å². The fraction of sp³-hybridized carbons (Fsp3) is 0.615. The minimum absolute atomic E-state index is 0.797. The van der Waals surface area contributed by atoms with Crippen molar-refractivity contribution in [3.63, 3.8) is 0 Å². The highest BCUT2D eigenvalue weighted by atomic mass is 14.9. The van der Waals surface area contributed by atoms with Crippen LogP contribution in [0.2, 0.25) is 0 Å². The summed E-state index contributed by atoms with van der Waals surface area (Å²) in [6, 6.07) is 2.07. The van der Waals surface area contributed by atoms with Gasteiger partial charge in [-0.1, -0.05) is 0 Å². The lowest BCUT2D eigenvalue weighted by molar-refractivity contribution is 0.360. The van der Waals surface area contributed by atoms with Crippen LogP contribution in [0.3, 0.4) is 0 Å². The molecule has 2 heterocycles. The van der Waals surface area contributed by atoms with Gasteiger partial charge in [-0.25, -0.2) is 0 Å². The minimum atomic E-state index is 0.797. The zero-order valence-corrected chi connectivity index (χ0v) is 10.00. The minimum Gasteiger partial charge on any atom is -0.316 e. The average molecular weight is 219 g/mol. The van der Waals surface area contributed by atoms with Gasteiger partial charge in [0.15, 0.2) is 0 Å². The van der Waals surface area contributed by atoms with Crippen molar-refractivity contribution in [2.75, 3.05) is 19.6 Å². The summed E-state index contributed by atoms with van der Waals surface area (Å²) in [6.07, 6.45) is 6.48. The summed E-state index contributed by atoms with van der Waals surface area (Å²) in [6.45, 7) is 6.55. The summed E-state index contributed by atoms with van der Waals surface area (Å²) in [4.78, 5) is 4.16. The predicted octanol–water partition coefficient (Wildman–Crippen LogP) is 1.48. The molecule has 1 aromatic heterocycles. The van der Waals surface area contributed by atoms with Gasteiger partial charge in [0.25, 0.3) is 0 Å². The van der Waals surface area contributed by atoms with Crippen LogP contribution in [0.15, 0.2) is 18.5 Å². The van der Waals surface area contributed by atoms with Crippen molar-refractivity contribution in [2.24, 2.45) is 5.92 Å². The van der Waals surface area contributed by atoms with Crippen LogP contribution in [-0.4, -0.2) is 24.6 Å². The largest absolute Gasteiger partial charge is 0.316 e. The highest BCUT2D eigenvalue weighted by molar-refractivity contribution is 5.20. The van der Waals surface area contributed by atoms with Crippen molar-refractivity contribution < 1.29 is 0 Å². The molecule has 2 rings (SSSR count). The first-order chi connectivity index (χ1) is 7.86. The summed E-state index contributed by atoms with van der Waals surface area (Å²) in [5.74, 6) is 0.797. The Morgan fingerprint density at radius 3 is 3.25 bits per heavy atom. The third-order valence-electron chi connectivity index (χ3n) is 3.29. The number of rotatable bonds is 4. The first kappa shape index (κ1) is 11.6. The van der Waals surface area contributed by atoms with Gasteiger partial charge in [0.1, 0.15) is 0 Å². The molecule has 3 nitrogen and oxygen atoms in total. The van der Waals surface area contributed by atoms with Gasteiger partial charge in [-0.15, -0.1) is 0 Å². The summed E-state index contributed by atoms with van der Waals surface area (Å²) < 4.78 is 0.